The maximum atomic E-state index is 10.5. The average molecular weight is 337 g/mol. The van der Waals surface area contributed by atoms with Crippen molar-refractivity contribution in [3.8, 4) is 11.5 Å². The number of aliphatic imine (C=N–C) groups is 2. The number of thiazole rings is 1. The Balaban J connectivity index is 2.02. The number of amidine groups is 1. The Hall–Kier alpha value is -2.95. The molecule has 0 aromatic carbocycles. The zero-order chi connectivity index (χ0) is 16.8. The van der Waals surface area contributed by atoms with E-state index in [1.54, 1.807) is 17.5 Å². The van der Waals surface area contributed by atoms with E-state index >= 15 is 0 Å². The number of hydrogen-bond acceptors (Lipinski definition) is 7. The van der Waals surface area contributed by atoms with Crippen LogP contribution in [0.25, 0.3) is 11.5 Å². The second-order valence-corrected chi connectivity index (χ2v) is 5.17. The number of aromatic nitrogens is 1. The molecule has 2 heterocycles. The molecule has 11 heteroatoms. The van der Waals surface area contributed by atoms with Gasteiger partial charge in [-0.15, -0.1) is 11.3 Å². The Morgan fingerprint density at radius 2 is 2.30 bits per heavy atom. The summed E-state index contributed by atoms with van der Waals surface area (Å²) in [4.78, 5) is 21.9. The molecule has 0 saturated carbocycles. The fourth-order valence-corrected chi connectivity index (χ4v) is 2.36. The molecule has 2 aromatic heterocycles. The maximum absolute atomic E-state index is 10.5. The minimum absolute atomic E-state index is 0.0626. The van der Waals surface area contributed by atoms with Gasteiger partial charge in [-0.25, -0.2) is 4.98 Å². The zero-order valence-corrected chi connectivity index (χ0v) is 13.0. The van der Waals surface area contributed by atoms with Crippen LogP contribution in [0.15, 0.2) is 31.9 Å². The quantitative estimate of drug-likeness (QED) is 0.303. The third kappa shape index (κ3) is 4.78. The van der Waals surface area contributed by atoms with Crippen LogP contribution >= 0.6 is 11.3 Å². The highest BCUT2D eigenvalue weighted by molar-refractivity contribution is 7.13. The molecule has 122 valence electrons. The van der Waals surface area contributed by atoms with Crippen LogP contribution < -0.4 is 16.8 Å². The van der Waals surface area contributed by atoms with Crippen molar-refractivity contribution in [2.24, 2.45) is 21.5 Å². The van der Waals surface area contributed by atoms with Gasteiger partial charge in [0.15, 0.2) is 17.6 Å². The van der Waals surface area contributed by atoms with E-state index in [1.165, 1.54) is 18.4 Å². The number of furan rings is 1. The van der Waals surface area contributed by atoms with Crippen LogP contribution in [-0.4, -0.2) is 35.3 Å². The molecule has 0 aliphatic carbocycles. The van der Waals surface area contributed by atoms with Crippen molar-refractivity contribution >= 4 is 28.3 Å². The minimum Gasteiger partial charge on any atom is -0.458 e. The Kier molecular flexibility index (Phi) is 5.25. The van der Waals surface area contributed by atoms with Gasteiger partial charge in [-0.1, -0.05) is 0 Å². The van der Waals surface area contributed by atoms with E-state index in [9.17, 15) is 10.1 Å². The molecule has 0 radical (unpaired) electrons. The Morgan fingerprint density at radius 3 is 2.96 bits per heavy atom. The maximum Gasteiger partial charge on any atom is 0.259 e. The van der Waals surface area contributed by atoms with E-state index in [-0.39, 0.29) is 24.9 Å². The largest absolute Gasteiger partial charge is 0.458 e. The summed E-state index contributed by atoms with van der Waals surface area (Å²) < 4.78 is 5.63. The van der Waals surface area contributed by atoms with Gasteiger partial charge < -0.3 is 21.2 Å². The number of hydrogen-bond donors (Lipinski definition) is 3. The van der Waals surface area contributed by atoms with E-state index in [0.29, 0.717) is 22.3 Å². The van der Waals surface area contributed by atoms with Gasteiger partial charge in [0.05, 0.1) is 6.54 Å². The topological polar surface area (TPSA) is 158 Å². The van der Waals surface area contributed by atoms with Crippen molar-refractivity contribution in [2.75, 3.05) is 13.6 Å². The van der Waals surface area contributed by atoms with E-state index in [4.69, 9.17) is 15.9 Å². The first-order valence-electron chi connectivity index (χ1n) is 6.43. The van der Waals surface area contributed by atoms with Crippen LogP contribution in [0, 0.1) is 10.1 Å². The van der Waals surface area contributed by atoms with Gasteiger partial charge in [0.1, 0.15) is 11.5 Å². The van der Waals surface area contributed by atoms with Crippen LogP contribution in [0.5, 0.6) is 0 Å². The molecule has 0 spiro atoms. The van der Waals surface area contributed by atoms with Crippen LogP contribution in [0.2, 0.25) is 0 Å². The Bertz CT molecular complexity index is 745. The fraction of sp³-hybridized carbons (Fsp3) is 0.250. The SMILES string of the molecule is CN=C(C[N+](=O)[O-])NCc1ccc(-c2csc(N=C(N)N)n2)o1. The number of nitro groups is 1. The molecule has 0 atom stereocenters. The average Bonchev–Trinajstić information content (AvgIpc) is 3.11. The third-order valence-electron chi connectivity index (χ3n) is 2.65. The smallest absolute Gasteiger partial charge is 0.259 e. The molecule has 0 saturated heterocycles. The number of nitrogens with zero attached hydrogens (tertiary/aromatic N) is 4. The minimum atomic E-state index is -0.455. The van der Waals surface area contributed by atoms with Gasteiger partial charge in [-0.3, -0.25) is 15.1 Å². The first-order valence-corrected chi connectivity index (χ1v) is 7.31. The Morgan fingerprint density at radius 1 is 1.52 bits per heavy atom. The molecule has 2 rings (SSSR count). The molecule has 0 amide bonds. The predicted molar refractivity (Wildman–Crippen MR) is 87.3 cm³/mol. The molecule has 5 N–H and O–H groups in total. The van der Waals surface area contributed by atoms with Crippen molar-refractivity contribution in [2.45, 2.75) is 6.54 Å². The normalized spacial score (nSPS) is 11.3. The summed E-state index contributed by atoms with van der Waals surface area (Å²) >= 11 is 1.28. The third-order valence-corrected chi connectivity index (χ3v) is 3.38. The van der Waals surface area contributed by atoms with Crippen LogP contribution in [-0.2, 0) is 6.54 Å². The molecule has 2 aromatic rings. The van der Waals surface area contributed by atoms with E-state index in [1.807, 2.05) is 0 Å². The summed E-state index contributed by atoms with van der Waals surface area (Å²) in [7, 11) is 1.49. The second kappa shape index (κ2) is 7.35. The summed E-state index contributed by atoms with van der Waals surface area (Å²) in [5, 5.41) is 15.5. The number of nitrogens with one attached hydrogen (secondary N) is 1. The molecule has 23 heavy (non-hydrogen) atoms. The van der Waals surface area contributed by atoms with E-state index < -0.39 is 4.92 Å². The van der Waals surface area contributed by atoms with Crippen LogP contribution in [0.3, 0.4) is 0 Å². The van der Waals surface area contributed by atoms with Crippen LogP contribution in [0.4, 0.5) is 5.13 Å². The number of guanidine groups is 1. The summed E-state index contributed by atoms with van der Waals surface area (Å²) in [6.45, 7) is -0.0799. The van der Waals surface area contributed by atoms with Gasteiger partial charge >= 0.3 is 0 Å². The highest BCUT2D eigenvalue weighted by atomic mass is 32.1. The zero-order valence-electron chi connectivity index (χ0n) is 12.2. The first kappa shape index (κ1) is 16.4. The highest BCUT2D eigenvalue weighted by Crippen LogP contribution is 2.27. The lowest BCUT2D eigenvalue weighted by molar-refractivity contribution is -0.463. The molecular weight excluding hydrogens is 322 g/mol. The monoisotopic (exact) mass is 337 g/mol. The molecule has 0 fully saturated rings. The molecular formula is C12H15N7O3S. The van der Waals surface area contributed by atoms with Crippen molar-refractivity contribution < 1.29 is 9.34 Å². The lowest BCUT2D eigenvalue weighted by atomic mass is 10.3. The van der Waals surface area contributed by atoms with Crippen molar-refractivity contribution in [3.63, 3.8) is 0 Å². The van der Waals surface area contributed by atoms with Crippen molar-refractivity contribution in [1.29, 1.82) is 0 Å². The Labute approximate surface area is 135 Å². The van der Waals surface area contributed by atoms with Crippen LogP contribution in [0.1, 0.15) is 5.76 Å². The molecule has 0 aliphatic rings. The standard InChI is InChI=1S/C12H15N7O3S/c1-15-10(5-19(20)21)16-4-7-2-3-9(22-7)8-6-23-12(17-8)18-11(13)14/h2-3,6H,4-5H2,1H3,(H,15,16)(H4,13,14,17,18). The van der Waals surface area contributed by atoms with Gasteiger partial charge in [-0.05, 0) is 12.1 Å². The summed E-state index contributed by atoms with van der Waals surface area (Å²) in [6, 6.07) is 3.50. The first-order chi connectivity index (χ1) is 11.0. The van der Waals surface area contributed by atoms with Gasteiger partial charge in [0.2, 0.25) is 5.13 Å². The predicted octanol–water partition coefficient (Wildman–Crippen LogP) is 0.703. The molecule has 10 nitrogen and oxygen atoms in total. The number of rotatable bonds is 6. The van der Waals surface area contributed by atoms with Gasteiger partial charge in [0, 0.05) is 17.4 Å². The summed E-state index contributed by atoms with van der Waals surface area (Å²) in [6.07, 6.45) is 0. The van der Waals surface area contributed by atoms with E-state index in [2.05, 4.69) is 20.3 Å². The van der Waals surface area contributed by atoms with Crippen molar-refractivity contribution in [1.82, 2.24) is 10.3 Å². The van der Waals surface area contributed by atoms with E-state index in [0.717, 1.165) is 0 Å². The second-order valence-electron chi connectivity index (χ2n) is 4.33. The lowest BCUT2D eigenvalue weighted by Gasteiger charge is -2.03. The lowest BCUT2D eigenvalue weighted by Crippen LogP contribution is -2.29. The molecule has 0 bridgehead atoms. The molecule has 0 aliphatic heterocycles. The summed E-state index contributed by atoms with van der Waals surface area (Å²) in [5.74, 6) is 1.37. The van der Waals surface area contributed by atoms with Gasteiger partial charge in [0.25, 0.3) is 6.54 Å². The van der Waals surface area contributed by atoms with Crippen molar-refractivity contribution in [3.05, 3.63) is 33.4 Å². The summed E-state index contributed by atoms with van der Waals surface area (Å²) in [5.41, 5.74) is 11.2. The van der Waals surface area contributed by atoms with Gasteiger partial charge in [-0.2, -0.15) is 4.99 Å². The fourth-order valence-electron chi connectivity index (χ4n) is 1.67. The molecule has 0 unspecified atom stereocenters. The highest BCUT2D eigenvalue weighted by Gasteiger charge is 2.11. The number of nitrogens with two attached hydrogens (primary N) is 2.